The van der Waals surface area contributed by atoms with Crippen LogP contribution in [0.5, 0.6) is 0 Å². The molecule has 1 amide bonds. The molecule has 1 unspecified atom stereocenters. The van der Waals surface area contributed by atoms with Gasteiger partial charge >= 0.3 is 0 Å². The predicted molar refractivity (Wildman–Crippen MR) is 47.7 cm³/mol. The van der Waals surface area contributed by atoms with E-state index < -0.39 is 11.0 Å². The van der Waals surface area contributed by atoms with E-state index in [-0.39, 0.29) is 0 Å². The van der Waals surface area contributed by atoms with Crippen molar-refractivity contribution in [2.75, 3.05) is 0 Å². The minimum Gasteiger partial charge on any atom is -0.366 e. The number of benzene rings is 1. The van der Waals surface area contributed by atoms with Crippen LogP contribution in [0, 0.1) is 0 Å². The summed E-state index contributed by atoms with van der Waals surface area (Å²) < 4.78 is 12.6. The predicted octanol–water partition coefficient (Wildman–Crippen LogP) is 2.15. The fraction of sp³-hybridized carbons (Fsp3) is 0.125. The topological polar surface area (TPSA) is 43.1 Å². The Morgan fingerprint density at radius 3 is 2.25 bits per heavy atom. The van der Waals surface area contributed by atoms with Crippen molar-refractivity contribution in [3.05, 3.63) is 35.4 Å². The van der Waals surface area contributed by atoms with Crippen LogP contribution in [-0.2, 0) is 0 Å². The molecule has 0 aliphatic carbocycles. The lowest BCUT2D eigenvalue weighted by molar-refractivity contribution is 0.100. The first-order chi connectivity index (χ1) is 5.61. The number of primary amides is 1. The van der Waals surface area contributed by atoms with Crippen LogP contribution in [0.25, 0.3) is 0 Å². The van der Waals surface area contributed by atoms with E-state index in [2.05, 4.69) is 15.9 Å². The van der Waals surface area contributed by atoms with Crippen molar-refractivity contribution < 1.29 is 9.18 Å². The van der Waals surface area contributed by atoms with Crippen molar-refractivity contribution in [1.82, 2.24) is 0 Å². The summed E-state index contributed by atoms with van der Waals surface area (Å²) in [7, 11) is 0. The molecule has 0 aliphatic rings. The van der Waals surface area contributed by atoms with Gasteiger partial charge in [-0.3, -0.25) is 4.79 Å². The maximum absolute atomic E-state index is 12.6. The lowest BCUT2D eigenvalue weighted by Gasteiger charge is -2.00. The van der Waals surface area contributed by atoms with Gasteiger partial charge in [-0.05, 0) is 33.6 Å². The summed E-state index contributed by atoms with van der Waals surface area (Å²) in [4.78, 5) is 10.6. The van der Waals surface area contributed by atoms with E-state index in [1.165, 1.54) is 24.3 Å². The average Bonchev–Trinajstić information content (AvgIpc) is 2.04. The average molecular weight is 232 g/mol. The van der Waals surface area contributed by atoms with Crippen LogP contribution in [0.2, 0.25) is 0 Å². The van der Waals surface area contributed by atoms with Crippen molar-refractivity contribution in [2.24, 2.45) is 5.73 Å². The molecule has 0 bridgehead atoms. The third-order valence-corrected chi connectivity index (χ3v) is 1.98. The van der Waals surface area contributed by atoms with Crippen molar-refractivity contribution in [3.63, 3.8) is 0 Å². The molecule has 0 heterocycles. The Hall–Kier alpha value is -0.900. The second kappa shape index (κ2) is 3.67. The lowest BCUT2D eigenvalue weighted by Crippen LogP contribution is -2.10. The molecule has 0 aromatic heterocycles. The van der Waals surface area contributed by atoms with Gasteiger partial charge in [0.1, 0.15) is 0 Å². The number of nitrogens with two attached hydrogens (primary N) is 1. The van der Waals surface area contributed by atoms with Gasteiger partial charge in [-0.2, -0.15) is 0 Å². The van der Waals surface area contributed by atoms with E-state index in [4.69, 9.17) is 5.73 Å². The van der Waals surface area contributed by atoms with E-state index in [9.17, 15) is 9.18 Å². The minimum absolute atomic E-state index is 0.381. The van der Waals surface area contributed by atoms with Gasteiger partial charge in [-0.1, -0.05) is 12.1 Å². The van der Waals surface area contributed by atoms with Crippen LogP contribution in [0.1, 0.15) is 21.0 Å². The molecule has 0 spiro atoms. The molecule has 1 atom stereocenters. The second-order valence-electron chi connectivity index (χ2n) is 2.29. The smallest absolute Gasteiger partial charge is 0.248 e. The maximum Gasteiger partial charge on any atom is 0.248 e. The van der Waals surface area contributed by atoms with Gasteiger partial charge in [0, 0.05) is 5.56 Å². The third kappa shape index (κ3) is 2.04. The standard InChI is InChI=1S/C8H7BrFNO/c9-7(10)5-1-3-6(4-2-5)8(11)12/h1-4,7H,(H2,11,12). The van der Waals surface area contributed by atoms with Gasteiger partial charge in [0.2, 0.25) is 5.91 Å². The van der Waals surface area contributed by atoms with Crippen LogP contribution >= 0.6 is 15.9 Å². The van der Waals surface area contributed by atoms with Gasteiger partial charge in [-0.25, -0.2) is 4.39 Å². The third-order valence-electron chi connectivity index (χ3n) is 1.45. The molecule has 0 saturated heterocycles. The summed E-state index contributed by atoms with van der Waals surface area (Å²) in [5.74, 6) is -0.508. The first-order valence-electron chi connectivity index (χ1n) is 3.29. The highest BCUT2D eigenvalue weighted by Gasteiger charge is 2.05. The van der Waals surface area contributed by atoms with E-state index in [1.807, 2.05) is 0 Å². The van der Waals surface area contributed by atoms with Crippen LogP contribution < -0.4 is 5.73 Å². The molecule has 0 saturated carbocycles. The Kier molecular flexibility index (Phi) is 2.81. The first-order valence-corrected chi connectivity index (χ1v) is 4.20. The van der Waals surface area contributed by atoms with E-state index >= 15 is 0 Å². The molecule has 1 aromatic carbocycles. The number of halogens is 2. The van der Waals surface area contributed by atoms with Crippen LogP contribution in [0.3, 0.4) is 0 Å². The molecule has 64 valence electrons. The number of rotatable bonds is 2. The number of alkyl halides is 2. The largest absolute Gasteiger partial charge is 0.366 e. The van der Waals surface area contributed by atoms with Crippen molar-refractivity contribution in [1.29, 1.82) is 0 Å². The normalized spacial score (nSPS) is 12.5. The highest BCUT2D eigenvalue weighted by Crippen LogP contribution is 2.23. The van der Waals surface area contributed by atoms with E-state index in [0.717, 1.165) is 0 Å². The van der Waals surface area contributed by atoms with Crippen molar-refractivity contribution in [2.45, 2.75) is 5.08 Å². The zero-order chi connectivity index (χ0) is 9.14. The molecular weight excluding hydrogens is 225 g/mol. The summed E-state index contributed by atoms with van der Waals surface area (Å²) in [6.45, 7) is 0. The fourth-order valence-corrected chi connectivity index (χ4v) is 1.10. The monoisotopic (exact) mass is 231 g/mol. The Morgan fingerprint density at radius 1 is 1.42 bits per heavy atom. The molecule has 4 heteroatoms. The molecule has 0 aliphatic heterocycles. The molecule has 2 nitrogen and oxygen atoms in total. The Labute approximate surface area is 77.7 Å². The minimum atomic E-state index is -1.19. The second-order valence-corrected chi connectivity index (χ2v) is 3.09. The SMILES string of the molecule is NC(=O)c1ccc(C(F)Br)cc1. The van der Waals surface area contributed by atoms with Gasteiger partial charge < -0.3 is 5.73 Å². The summed E-state index contributed by atoms with van der Waals surface area (Å²) in [6.07, 6.45) is 0. The number of hydrogen-bond acceptors (Lipinski definition) is 1. The highest BCUT2D eigenvalue weighted by molar-refractivity contribution is 9.09. The Balaban J connectivity index is 2.93. The Morgan fingerprint density at radius 2 is 1.92 bits per heavy atom. The van der Waals surface area contributed by atoms with Gasteiger partial charge in [0.25, 0.3) is 0 Å². The fourth-order valence-electron chi connectivity index (χ4n) is 0.793. The maximum atomic E-state index is 12.6. The molecule has 0 radical (unpaired) electrons. The van der Waals surface area contributed by atoms with Crippen LogP contribution in [-0.4, -0.2) is 5.91 Å². The molecular formula is C8H7BrFNO. The van der Waals surface area contributed by atoms with Crippen molar-refractivity contribution >= 4 is 21.8 Å². The number of hydrogen-bond donors (Lipinski definition) is 1. The summed E-state index contributed by atoms with van der Waals surface area (Å²) in [5, 5.41) is -1.19. The number of amides is 1. The first kappa shape index (κ1) is 9.19. The molecule has 0 fully saturated rings. The molecule has 12 heavy (non-hydrogen) atoms. The van der Waals surface area contributed by atoms with Crippen LogP contribution in [0.15, 0.2) is 24.3 Å². The zero-order valence-corrected chi connectivity index (χ0v) is 7.71. The Bertz CT molecular complexity index is 284. The van der Waals surface area contributed by atoms with E-state index in [0.29, 0.717) is 11.1 Å². The van der Waals surface area contributed by atoms with E-state index in [1.54, 1.807) is 0 Å². The van der Waals surface area contributed by atoms with Crippen LogP contribution in [0.4, 0.5) is 4.39 Å². The summed E-state index contributed by atoms with van der Waals surface area (Å²) >= 11 is 2.76. The zero-order valence-electron chi connectivity index (χ0n) is 6.13. The van der Waals surface area contributed by atoms with Gasteiger partial charge in [0.15, 0.2) is 5.08 Å². The quantitative estimate of drug-likeness (QED) is 0.780. The molecule has 1 rings (SSSR count). The molecule has 1 aromatic rings. The summed E-state index contributed by atoms with van der Waals surface area (Å²) in [6, 6.07) is 6.01. The van der Waals surface area contributed by atoms with Crippen molar-refractivity contribution in [3.8, 4) is 0 Å². The van der Waals surface area contributed by atoms with Gasteiger partial charge in [0.05, 0.1) is 0 Å². The summed E-state index contributed by atoms with van der Waals surface area (Å²) in [5.41, 5.74) is 5.85. The number of carbonyl (C=O) groups is 1. The number of carbonyl (C=O) groups excluding carboxylic acids is 1. The molecule has 2 N–H and O–H groups in total. The highest BCUT2D eigenvalue weighted by atomic mass is 79.9. The lowest BCUT2D eigenvalue weighted by atomic mass is 10.1. The van der Waals surface area contributed by atoms with Gasteiger partial charge in [-0.15, -0.1) is 0 Å².